The Kier molecular flexibility index (Phi) is 4.81. The van der Waals surface area contributed by atoms with Gasteiger partial charge in [0.25, 0.3) is 11.8 Å². The number of fused-ring (bicyclic) bond motifs is 5. The minimum atomic E-state index is -0.633. The predicted molar refractivity (Wildman–Crippen MR) is 120 cm³/mol. The Balaban J connectivity index is 1.44. The van der Waals surface area contributed by atoms with Crippen molar-refractivity contribution in [2.75, 3.05) is 11.4 Å². The molecule has 7 nitrogen and oxygen atoms in total. The van der Waals surface area contributed by atoms with Gasteiger partial charge in [0.05, 0.1) is 17.8 Å². The van der Waals surface area contributed by atoms with Crippen LogP contribution in [0.3, 0.4) is 0 Å². The first kappa shape index (κ1) is 20.1. The highest BCUT2D eigenvalue weighted by Crippen LogP contribution is 2.44. The molecule has 1 unspecified atom stereocenters. The number of benzene rings is 2. The molecule has 2 aliphatic rings. The van der Waals surface area contributed by atoms with E-state index in [1.807, 2.05) is 42.6 Å². The van der Waals surface area contributed by atoms with Crippen LogP contribution in [0.5, 0.6) is 0 Å². The average molecular weight is 428 g/mol. The largest absolute Gasteiger partial charge is 0.349 e. The van der Waals surface area contributed by atoms with Crippen LogP contribution in [-0.2, 0) is 11.3 Å². The van der Waals surface area contributed by atoms with Crippen LogP contribution in [0, 0.1) is 0 Å². The lowest BCUT2D eigenvalue weighted by atomic mass is 10.0. The molecule has 0 saturated heterocycles. The van der Waals surface area contributed by atoms with Gasteiger partial charge in [-0.05, 0) is 44.2 Å². The standard InChI is InChI=1S/C25H24N4O3/c1-16(2)27-13-7-8-17(27)14-26-22(30)15-28-23-18-9-3-4-10-19(18)25(32)29(23)21-12-6-5-11-20(21)24(28)31/h3-13,16,23H,14-15H2,1-2H3,(H,26,30). The lowest BCUT2D eigenvalue weighted by Gasteiger charge is -2.40. The van der Waals surface area contributed by atoms with Crippen molar-refractivity contribution in [3.05, 3.63) is 89.2 Å². The molecule has 0 saturated carbocycles. The van der Waals surface area contributed by atoms with Crippen molar-refractivity contribution in [1.29, 1.82) is 0 Å². The molecule has 162 valence electrons. The van der Waals surface area contributed by atoms with Crippen molar-refractivity contribution in [3.63, 3.8) is 0 Å². The Labute approximate surface area is 186 Å². The van der Waals surface area contributed by atoms with E-state index < -0.39 is 6.17 Å². The van der Waals surface area contributed by atoms with Gasteiger partial charge in [-0.3, -0.25) is 19.3 Å². The number of carbonyl (C=O) groups is 3. The van der Waals surface area contributed by atoms with Gasteiger partial charge in [-0.15, -0.1) is 0 Å². The number of carbonyl (C=O) groups excluding carboxylic acids is 3. The summed E-state index contributed by atoms with van der Waals surface area (Å²) in [5.41, 5.74) is 3.29. The summed E-state index contributed by atoms with van der Waals surface area (Å²) in [6, 6.07) is 18.5. The molecule has 0 fully saturated rings. The van der Waals surface area contributed by atoms with Gasteiger partial charge in [0.15, 0.2) is 0 Å². The zero-order chi connectivity index (χ0) is 22.4. The molecule has 32 heavy (non-hydrogen) atoms. The van der Waals surface area contributed by atoms with E-state index >= 15 is 0 Å². The number of para-hydroxylation sites is 1. The minimum absolute atomic E-state index is 0.141. The van der Waals surface area contributed by atoms with Crippen molar-refractivity contribution in [1.82, 2.24) is 14.8 Å². The second-order valence-electron chi connectivity index (χ2n) is 8.36. The van der Waals surface area contributed by atoms with Gasteiger partial charge in [-0.2, -0.15) is 0 Å². The first-order valence-corrected chi connectivity index (χ1v) is 10.7. The van der Waals surface area contributed by atoms with Crippen LogP contribution >= 0.6 is 0 Å². The average Bonchev–Trinajstić information content (AvgIpc) is 3.39. The third-order valence-corrected chi connectivity index (χ3v) is 6.09. The molecule has 0 radical (unpaired) electrons. The Bertz CT molecular complexity index is 1230. The van der Waals surface area contributed by atoms with E-state index in [9.17, 15) is 14.4 Å². The molecule has 0 spiro atoms. The van der Waals surface area contributed by atoms with Gasteiger partial charge < -0.3 is 14.8 Å². The van der Waals surface area contributed by atoms with E-state index in [4.69, 9.17) is 0 Å². The SMILES string of the molecule is CC(C)n1cccc1CNC(=O)CN1C(=O)c2ccccc2N2C(=O)c3ccccc3C12. The van der Waals surface area contributed by atoms with Crippen LogP contribution in [-0.4, -0.2) is 33.7 Å². The monoisotopic (exact) mass is 428 g/mol. The summed E-state index contributed by atoms with van der Waals surface area (Å²) in [6.45, 7) is 4.39. The fraction of sp³-hybridized carbons (Fsp3) is 0.240. The zero-order valence-corrected chi connectivity index (χ0v) is 18.0. The molecule has 0 aliphatic carbocycles. The topological polar surface area (TPSA) is 74.7 Å². The van der Waals surface area contributed by atoms with E-state index in [0.717, 1.165) is 11.3 Å². The molecule has 2 aliphatic heterocycles. The smallest absolute Gasteiger partial charge is 0.260 e. The molecule has 5 rings (SSSR count). The van der Waals surface area contributed by atoms with Gasteiger partial charge in [-0.1, -0.05) is 30.3 Å². The molecule has 2 aromatic carbocycles. The van der Waals surface area contributed by atoms with Crippen molar-refractivity contribution in [3.8, 4) is 0 Å². The molecule has 1 atom stereocenters. The van der Waals surface area contributed by atoms with Gasteiger partial charge in [0.2, 0.25) is 5.91 Å². The van der Waals surface area contributed by atoms with Gasteiger partial charge in [0, 0.05) is 29.1 Å². The fourth-order valence-corrected chi connectivity index (χ4v) is 4.62. The molecule has 3 amide bonds. The van der Waals surface area contributed by atoms with Crippen molar-refractivity contribution >= 4 is 23.4 Å². The Morgan fingerprint density at radius 3 is 2.44 bits per heavy atom. The molecular weight excluding hydrogens is 404 g/mol. The number of anilines is 1. The highest BCUT2D eigenvalue weighted by Gasteiger charge is 2.47. The summed E-state index contributed by atoms with van der Waals surface area (Å²) in [5, 5.41) is 2.93. The first-order chi connectivity index (χ1) is 15.5. The fourth-order valence-electron chi connectivity index (χ4n) is 4.62. The Morgan fingerprint density at radius 1 is 0.938 bits per heavy atom. The van der Waals surface area contributed by atoms with Gasteiger partial charge in [-0.25, -0.2) is 0 Å². The molecule has 3 heterocycles. The zero-order valence-electron chi connectivity index (χ0n) is 18.0. The molecule has 3 aromatic rings. The molecule has 1 N–H and O–H groups in total. The molecule has 7 heteroatoms. The number of nitrogens with one attached hydrogen (secondary N) is 1. The minimum Gasteiger partial charge on any atom is -0.349 e. The lowest BCUT2D eigenvalue weighted by Crippen LogP contribution is -2.51. The predicted octanol–water partition coefficient (Wildman–Crippen LogP) is 3.50. The van der Waals surface area contributed by atoms with E-state index in [1.165, 1.54) is 4.90 Å². The number of aromatic nitrogens is 1. The van der Waals surface area contributed by atoms with Crippen molar-refractivity contribution < 1.29 is 14.4 Å². The second kappa shape index (κ2) is 7.67. The number of rotatable bonds is 5. The highest BCUT2D eigenvalue weighted by molar-refractivity contribution is 6.17. The number of hydrogen-bond acceptors (Lipinski definition) is 3. The van der Waals surface area contributed by atoms with Crippen LogP contribution in [0.1, 0.15) is 58.0 Å². The summed E-state index contributed by atoms with van der Waals surface area (Å²) in [4.78, 5) is 42.6. The van der Waals surface area contributed by atoms with E-state index in [0.29, 0.717) is 23.4 Å². The maximum Gasteiger partial charge on any atom is 0.260 e. The summed E-state index contributed by atoms with van der Waals surface area (Å²) < 4.78 is 2.09. The van der Waals surface area contributed by atoms with Crippen LogP contribution in [0.2, 0.25) is 0 Å². The van der Waals surface area contributed by atoms with Gasteiger partial charge in [0.1, 0.15) is 12.7 Å². The third kappa shape index (κ3) is 3.09. The van der Waals surface area contributed by atoms with E-state index in [-0.39, 0.29) is 30.3 Å². The van der Waals surface area contributed by atoms with Crippen molar-refractivity contribution in [2.45, 2.75) is 32.6 Å². The number of amides is 3. The normalized spacial score (nSPS) is 16.8. The summed E-state index contributed by atoms with van der Waals surface area (Å²) in [6.07, 6.45) is 1.35. The van der Waals surface area contributed by atoms with E-state index in [1.54, 1.807) is 29.2 Å². The number of nitrogens with zero attached hydrogens (tertiary/aromatic N) is 3. The Morgan fingerprint density at radius 2 is 1.66 bits per heavy atom. The maximum absolute atomic E-state index is 13.4. The van der Waals surface area contributed by atoms with Crippen LogP contribution in [0.25, 0.3) is 0 Å². The molecule has 0 bridgehead atoms. The number of hydrogen-bond donors (Lipinski definition) is 1. The van der Waals surface area contributed by atoms with Crippen molar-refractivity contribution in [2.24, 2.45) is 0 Å². The maximum atomic E-state index is 13.4. The summed E-state index contributed by atoms with van der Waals surface area (Å²) in [5.74, 6) is -0.691. The van der Waals surface area contributed by atoms with E-state index in [2.05, 4.69) is 23.7 Å². The lowest BCUT2D eigenvalue weighted by molar-refractivity contribution is -0.122. The quantitative estimate of drug-likeness (QED) is 0.676. The molecular formula is C25H24N4O3. The van der Waals surface area contributed by atoms with Crippen LogP contribution in [0.15, 0.2) is 66.9 Å². The van der Waals surface area contributed by atoms with Crippen LogP contribution < -0.4 is 10.2 Å². The molecule has 1 aromatic heterocycles. The highest BCUT2D eigenvalue weighted by atomic mass is 16.2. The summed E-state index contributed by atoms with van der Waals surface area (Å²) in [7, 11) is 0. The third-order valence-electron chi connectivity index (χ3n) is 6.09. The van der Waals surface area contributed by atoms with Gasteiger partial charge >= 0.3 is 0 Å². The second-order valence-corrected chi connectivity index (χ2v) is 8.36. The van der Waals surface area contributed by atoms with Crippen LogP contribution in [0.4, 0.5) is 5.69 Å². The summed E-state index contributed by atoms with van der Waals surface area (Å²) >= 11 is 0. The Hall–Kier alpha value is -3.87. The first-order valence-electron chi connectivity index (χ1n) is 10.7.